The Labute approximate surface area is 106 Å². The van der Waals surface area contributed by atoms with Crippen LogP contribution in [0.2, 0.25) is 0 Å². The van der Waals surface area contributed by atoms with E-state index in [-0.39, 0.29) is 5.89 Å². The molecule has 1 heterocycles. The van der Waals surface area contributed by atoms with Gasteiger partial charge < -0.3 is 19.6 Å². The van der Waals surface area contributed by atoms with Gasteiger partial charge in [0.05, 0.1) is 12.2 Å². The number of hydrogen-bond donors (Lipinski definition) is 2. The van der Waals surface area contributed by atoms with Crippen LogP contribution < -0.4 is 5.32 Å². The first-order valence-corrected chi connectivity index (χ1v) is 5.90. The number of ether oxygens (including phenoxy) is 1. The molecule has 0 aliphatic rings. The van der Waals surface area contributed by atoms with E-state index in [1.807, 2.05) is 6.92 Å². The van der Waals surface area contributed by atoms with Crippen LogP contribution in [0.3, 0.4) is 0 Å². The number of hydrogen-bond acceptors (Lipinski definition) is 5. The Bertz CT molecular complexity index is 370. The quantitative estimate of drug-likeness (QED) is 0.860. The molecule has 2 N–H and O–H groups in total. The van der Waals surface area contributed by atoms with Gasteiger partial charge in [0.15, 0.2) is 6.10 Å². The minimum absolute atomic E-state index is 0.179. The summed E-state index contributed by atoms with van der Waals surface area (Å²) in [5.74, 6) is 0.179. The number of alkyl carbamates (subject to hydrolysis) is 1. The molecule has 102 valence electrons. The van der Waals surface area contributed by atoms with E-state index in [4.69, 9.17) is 9.15 Å². The topological polar surface area (TPSA) is 84.6 Å². The fraction of sp³-hybridized carbons (Fsp3) is 0.667. The average Bonchev–Trinajstić information content (AvgIpc) is 2.75. The first kappa shape index (κ1) is 14.5. The lowest BCUT2D eigenvalue weighted by Crippen LogP contribution is -2.42. The number of carbonyl (C=O) groups is 1. The predicted octanol–water partition coefficient (Wildman–Crippen LogP) is 2.01. The van der Waals surface area contributed by atoms with Crippen LogP contribution in [-0.4, -0.2) is 27.8 Å². The lowest BCUT2D eigenvalue weighted by atomic mass is 10.1. The summed E-state index contributed by atoms with van der Waals surface area (Å²) >= 11 is 0. The standard InChI is InChI=1S/C12H20N2O4/c1-5-8(9(15)10-13-6-7-17-10)14-11(16)18-12(2,3)4/h6-9,15H,5H2,1-4H3,(H,14,16)/t8-,9?/m0/s1. The molecule has 6 nitrogen and oxygen atoms in total. The smallest absolute Gasteiger partial charge is 0.407 e. The number of nitrogens with one attached hydrogen (secondary N) is 1. The lowest BCUT2D eigenvalue weighted by Gasteiger charge is -2.24. The zero-order valence-corrected chi connectivity index (χ0v) is 11.1. The predicted molar refractivity (Wildman–Crippen MR) is 64.9 cm³/mol. The summed E-state index contributed by atoms with van der Waals surface area (Å²) in [6.45, 7) is 7.17. The van der Waals surface area contributed by atoms with Crippen molar-refractivity contribution in [2.45, 2.75) is 51.9 Å². The van der Waals surface area contributed by atoms with Crippen LogP contribution in [0.25, 0.3) is 0 Å². The molecule has 0 saturated heterocycles. The van der Waals surface area contributed by atoms with Crippen molar-refractivity contribution < 1.29 is 19.1 Å². The molecule has 0 aromatic carbocycles. The zero-order valence-electron chi connectivity index (χ0n) is 11.1. The van der Waals surface area contributed by atoms with Gasteiger partial charge in [0.2, 0.25) is 5.89 Å². The van der Waals surface area contributed by atoms with Gasteiger partial charge in [0.25, 0.3) is 0 Å². The van der Waals surface area contributed by atoms with E-state index in [1.54, 1.807) is 20.8 Å². The largest absolute Gasteiger partial charge is 0.446 e. The van der Waals surface area contributed by atoms with Crippen molar-refractivity contribution in [3.8, 4) is 0 Å². The van der Waals surface area contributed by atoms with Crippen molar-refractivity contribution in [2.24, 2.45) is 0 Å². The monoisotopic (exact) mass is 256 g/mol. The summed E-state index contributed by atoms with van der Waals surface area (Å²) in [5, 5.41) is 12.6. The molecule has 0 spiro atoms. The molecule has 1 aromatic rings. The van der Waals surface area contributed by atoms with Gasteiger partial charge >= 0.3 is 6.09 Å². The fourth-order valence-corrected chi connectivity index (χ4v) is 1.42. The number of aromatic nitrogens is 1. The van der Waals surface area contributed by atoms with Crippen LogP contribution in [0, 0.1) is 0 Å². The van der Waals surface area contributed by atoms with Crippen LogP contribution in [0.1, 0.15) is 46.1 Å². The van der Waals surface area contributed by atoms with Gasteiger partial charge in [-0.3, -0.25) is 0 Å². The zero-order chi connectivity index (χ0) is 13.8. The van der Waals surface area contributed by atoms with Crippen LogP contribution in [-0.2, 0) is 4.74 Å². The minimum Gasteiger partial charge on any atom is -0.446 e. The molecule has 0 bridgehead atoms. The number of oxazole rings is 1. The fourth-order valence-electron chi connectivity index (χ4n) is 1.42. The third-order valence-corrected chi connectivity index (χ3v) is 2.23. The Morgan fingerprint density at radius 2 is 2.28 bits per heavy atom. The second-order valence-electron chi connectivity index (χ2n) is 4.98. The summed E-state index contributed by atoms with van der Waals surface area (Å²) in [6, 6.07) is -0.501. The summed E-state index contributed by atoms with van der Waals surface area (Å²) in [7, 11) is 0. The molecule has 0 aliphatic heterocycles. The number of nitrogens with zero attached hydrogens (tertiary/aromatic N) is 1. The third-order valence-electron chi connectivity index (χ3n) is 2.23. The van der Waals surface area contributed by atoms with Crippen LogP contribution in [0.4, 0.5) is 4.79 Å². The maximum atomic E-state index is 11.6. The lowest BCUT2D eigenvalue weighted by molar-refractivity contribution is 0.0385. The normalized spacial score (nSPS) is 14.9. The van der Waals surface area contributed by atoms with Gasteiger partial charge in [-0.25, -0.2) is 9.78 Å². The number of aliphatic hydroxyl groups excluding tert-OH is 1. The van der Waals surface area contributed by atoms with Gasteiger partial charge in [-0.05, 0) is 27.2 Å². The highest BCUT2D eigenvalue weighted by Gasteiger charge is 2.26. The summed E-state index contributed by atoms with van der Waals surface area (Å²) in [4.78, 5) is 15.5. The highest BCUT2D eigenvalue weighted by molar-refractivity contribution is 5.68. The van der Waals surface area contributed by atoms with Gasteiger partial charge in [-0.1, -0.05) is 6.92 Å². The van der Waals surface area contributed by atoms with Crippen molar-refractivity contribution in [1.29, 1.82) is 0 Å². The first-order chi connectivity index (χ1) is 8.33. The minimum atomic E-state index is -0.988. The van der Waals surface area contributed by atoms with E-state index in [1.165, 1.54) is 12.5 Å². The molecular weight excluding hydrogens is 236 g/mol. The first-order valence-electron chi connectivity index (χ1n) is 5.90. The van der Waals surface area contributed by atoms with Gasteiger partial charge in [0, 0.05) is 0 Å². The van der Waals surface area contributed by atoms with Crippen LogP contribution in [0.15, 0.2) is 16.9 Å². The van der Waals surface area contributed by atoms with Crippen LogP contribution >= 0.6 is 0 Å². The van der Waals surface area contributed by atoms with E-state index in [0.29, 0.717) is 6.42 Å². The summed E-state index contributed by atoms with van der Waals surface area (Å²) < 4.78 is 10.1. The molecule has 1 unspecified atom stereocenters. The van der Waals surface area contributed by atoms with E-state index >= 15 is 0 Å². The average molecular weight is 256 g/mol. The molecule has 18 heavy (non-hydrogen) atoms. The Kier molecular flexibility index (Phi) is 4.72. The molecule has 6 heteroatoms. The Morgan fingerprint density at radius 3 is 2.72 bits per heavy atom. The van der Waals surface area contributed by atoms with Crippen LogP contribution in [0.5, 0.6) is 0 Å². The van der Waals surface area contributed by atoms with Crippen molar-refractivity contribution in [1.82, 2.24) is 10.3 Å². The van der Waals surface area contributed by atoms with Gasteiger partial charge in [-0.2, -0.15) is 0 Å². The molecule has 1 aromatic heterocycles. The van der Waals surface area contributed by atoms with Crippen molar-refractivity contribution in [3.63, 3.8) is 0 Å². The molecule has 1 amide bonds. The van der Waals surface area contributed by atoms with Crippen molar-refractivity contribution in [2.75, 3.05) is 0 Å². The highest BCUT2D eigenvalue weighted by atomic mass is 16.6. The molecular formula is C12H20N2O4. The second kappa shape index (κ2) is 5.86. The molecule has 2 atom stereocenters. The van der Waals surface area contributed by atoms with E-state index in [0.717, 1.165) is 0 Å². The van der Waals surface area contributed by atoms with Crippen molar-refractivity contribution >= 4 is 6.09 Å². The van der Waals surface area contributed by atoms with Gasteiger partial charge in [0.1, 0.15) is 11.9 Å². The SMILES string of the molecule is CC[C@H](NC(=O)OC(C)(C)C)C(O)c1ncco1. The molecule has 1 rings (SSSR count). The van der Waals surface area contributed by atoms with E-state index in [9.17, 15) is 9.90 Å². The maximum absolute atomic E-state index is 11.6. The molecule has 0 fully saturated rings. The Hall–Kier alpha value is -1.56. The number of carbonyl (C=O) groups excluding carboxylic acids is 1. The summed E-state index contributed by atoms with van der Waals surface area (Å²) in [6.07, 6.45) is 1.79. The maximum Gasteiger partial charge on any atom is 0.407 e. The van der Waals surface area contributed by atoms with E-state index < -0.39 is 23.8 Å². The van der Waals surface area contributed by atoms with Crippen molar-refractivity contribution in [3.05, 3.63) is 18.4 Å². The number of aliphatic hydroxyl groups is 1. The summed E-state index contributed by atoms with van der Waals surface area (Å²) in [5.41, 5.74) is -0.573. The second-order valence-corrected chi connectivity index (χ2v) is 4.98. The molecule has 0 aliphatic carbocycles. The Balaban J connectivity index is 2.59. The highest BCUT2D eigenvalue weighted by Crippen LogP contribution is 2.17. The number of rotatable bonds is 4. The number of amides is 1. The molecule has 0 radical (unpaired) electrons. The Morgan fingerprint density at radius 1 is 1.61 bits per heavy atom. The third kappa shape index (κ3) is 4.37. The van der Waals surface area contributed by atoms with E-state index in [2.05, 4.69) is 10.3 Å². The molecule has 0 saturated carbocycles. The van der Waals surface area contributed by atoms with Gasteiger partial charge in [-0.15, -0.1) is 0 Å².